The Morgan fingerprint density at radius 3 is 2.88 bits per heavy atom. The van der Waals surface area contributed by atoms with Crippen molar-refractivity contribution in [2.45, 2.75) is 32.6 Å². The average molecular weight is 334 g/mol. The zero-order valence-electron chi connectivity index (χ0n) is 14.4. The van der Waals surface area contributed by atoms with Crippen LogP contribution in [0.3, 0.4) is 0 Å². The third-order valence-electron chi connectivity index (χ3n) is 4.02. The second-order valence-corrected chi connectivity index (χ2v) is 5.87. The number of aliphatic imine (C=N–C) groups is 1. The Balaban J connectivity index is 1.72. The van der Waals surface area contributed by atoms with E-state index in [1.54, 1.807) is 12.1 Å². The number of amides is 1. The molecule has 2 N–H and O–H groups in total. The zero-order valence-corrected chi connectivity index (χ0v) is 14.4. The molecule has 2 rings (SSSR count). The van der Waals surface area contributed by atoms with E-state index in [9.17, 15) is 9.18 Å². The molecule has 0 bridgehead atoms. The Kier molecular flexibility index (Phi) is 7.52. The number of guanidine groups is 1. The van der Waals surface area contributed by atoms with Gasteiger partial charge in [0.05, 0.1) is 0 Å². The number of benzene rings is 1. The first-order valence-electron chi connectivity index (χ1n) is 8.74. The molecular weight excluding hydrogens is 307 g/mol. The number of likely N-dealkylation sites (tertiary alicyclic amines) is 1. The number of hydrogen-bond acceptors (Lipinski definition) is 2. The van der Waals surface area contributed by atoms with Crippen LogP contribution in [0.4, 0.5) is 4.39 Å². The monoisotopic (exact) mass is 334 g/mol. The van der Waals surface area contributed by atoms with Crippen LogP contribution in [0.5, 0.6) is 0 Å². The van der Waals surface area contributed by atoms with Gasteiger partial charge in [-0.05, 0) is 37.8 Å². The molecular formula is C18H27FN4O. The molecule has 1 saturated heterocycles. The smallest absolute Gasteiger partial charge is 0.222 e. The topological polar surface area (TPSA) is 56.7 Å². The molecule has 1 aliphatic rings. The lowest BCUT2D eigenvalue weighted by Gasteiger charge is -2.15. The maximum atomic E-state index is 13.6. The third-order valence-corrected chi connectivity index (χ3v) is 4.02. The van der Waals surface area contributed by atoms with Crippen molar-refractivity contribution >= 4 is 11.9 Å². The molecule has 0 unspecified atom stereocenters. The molecule has 1 amide bonds. The summed E-state index contributed by atoms with van der Waals surface area (Å²) in [4.78, 5) is 18.0. The van der Waals surface area contributed by atoms with Crippen LogP contribution in [0.15, 0.2) is 29.3 Å². The highest BCUT2D eigenvalue weighted by atomic mass is 19.1. The van der Waals surface area contributed by atoms with Gasteiger partial charge in [0.15, 0.2) is 5.96 Å². The summed E-state index contributed by atoms with van der Waals surface area (Å²) in [5.41, 5.74) is 0.702. The number of carbonyl (C=O) groups excluding carboxylic acids is 1. The van der Waals surface area contributed by atoms with Crippen molar-refractivity contribution in [3.05, 3.63) is 35.6 Å². The molecule has 0 aliphatic carbocycles. The normalized spacial score (nSPS) is 15.0. The minimum absolute atomic E-state index is 0.170. The fourth-order valence-corrected chi connectivity index (χ4v) is 2.75. The predicted molar refractivity (Wildman–Crippen MR) is 94.5 cm³/mol. The van der Waals surface area contributed by atoms with E-state index in [2.05, 4.69) is 15.6 Å². The molecule has 1 aliphatic heterocycles. The van der Waals surface area contributed by atoms with E-state index >= 15 is 0 Å². The number of carbonyl (C=O) groups is 1. The van der Waals surface area contributed by atoms with Gasteiger partial charge in [0.1, 0.15) is 5.82 Å². The number of rotatable bonds is 8. The molecule has 0 atom stereocenters. The van der Waals surface area contributed by atoms with Crippen LogP contribution in [0.25, 0.3) is 0 Å². The SMILES string of the molecule is CCNC(=NCCCN1CCCC1=O)NCCc1ccccc1F. The van der Waals surface area contributed by atoms with Crippen LogP contribution in [-0.2, 0) is 11.2 Å². The Labute approximate surface area is 143 Å². The van der Waals surface area contributed by atoms with Gasteiger partial charge in [-0.3, -0.25) is 9.79 Å². The number of nitrogens with one attached hydrogen (secondary N) is 2. The lowest BCUT2D eigenvalue weighted by molar-refractivity contribution is -0.127. The van der Waals surface area contributed by atoms with Crippen molar-refractivity contribution in [2.75, 3.05) is 32.7 Å². The van der Waals surface area contributed by atoms with Crippen molar-refractivity contribution in [1.82, 2.24) is 15.5 Å². The molecule has 6 heteroatoms. The fraction of sp³-hybridized carbons (Fsp3) is 0.556. The molecule has 5 nitrogen and oxygen atoms in total. The number of nitrogens with zero attached hydrogens (tertiary/aromatic N) is 2. The van der Waals surface area contributed by atoms with Gasteiger partial charge in [0.25, 0.3) is 0 Å². The van der Waals surface area contributed by atoms with Crippen LogP contribution < -0.4 is 10.6 Å². The molecule has 1 fully saturated rings. The Morgan fingerprint density at radius 2 is 2.17 bits per heavy atom. The first kappa shape index (κ1) is 18.2. The summed E-state index contributed by atoms with van der Waals surface area (Å²) >= 11 is 0. The Hall–Kier alpha value is -2.11. The molecule has 1 aromatic rings. The summed E-state index contributed by atoms with van der Waals surface area (Å²) in [6.07, 6.45) is 3.13. The second kappa shape index (κ2) is 9.90. The van der Waals surface area contributed by atoms with Crippen LogP contribution in [0, 0.1) is 5.82 Å². The van der Waals surface area contributed by atoms with Gasteiger partial charge < -0.3 is 15.5 Å². The van der Waals surface area contributed by atoms with E-state index in [4.69, 9.17) is 0 Å². The molecule has 0 aromatic heterocycles. The van der Waals surface area contributed by atoms with E-state index in [0.29, 0.717) is 31.5 Å². The maximum absolute atomic E-state index is 13.6. The summed E-state index contributed by atoms with van der Waals surface area (Å²) in [7, 11) is 0. The Bertz CT molecular complexity index is 562. The summed E-state index contributed by atoms with van der Waals surface area (Å²) in [5.74, 6) is 0.826. The first-order chi connectivity index (χ1) is 11.7. The summed E-state index contributed by atoms with van der Waals surface area (Å²) in [5, 5.41) is 6.41. The summed E-state index contributed by atoms with van der Waals surface area (Å²) < 4.78 is 13.6. The maximum Gasteiger partial charge on any atom is 0.222 e. The van der Waals surface area contributed by atoms with Crippen LogP contribution in [-0.4, -0.2) is 49.5 Å². The molecule has 0 spiro atoms. The minimum Gasteiger partial charge on any atom is -0.357 e. The molecule has 0 saturated carbocycles. The van der Waals surface area contributed by atoms with E-state index in [0.717, 1.165) is 38.4 Å². The van der Waals surface area contributed by atoms with E-state index < -0.39 is 0 Å². The summed E-state index contributed by atoms with van der Waals surface area (Å²) in [6.45, 7) is 5.73. The van der Waals surface area contributed by atoms with Crippen LogP contribution in [0.2, 0.25) is 0 Å². The molecule has 1 heterocycles. The zero-order chi connectivity index (χ0) is 17.2. The van der Waals surface area contributed by atoms with Crippen molar-refractivity contribution in [3.8, 4) is 0 Å². The van der Waals surface area contributed by atoms with Gasteiger partial charge in [0, 0.05) is 39.1 Å². The molecule has 132 valence electrons. The van der Waals surface area contributed by atoms with Crippen LogP contribution in [0.1, 0.15) is 31.7 Å². The third kappa shape index (κ3) is 5.83. The van der Waals surface area contributed by atoms with Crippen molar-refractivity contribution < 1.29 is 9.18 Å². The van der Waals surface area contributed by atoms with Crippen molar-refractivity contribution in [1.29, 1.82) is 0 Å². The second-order valence-electron chi connectivity index (χ2n) is 5.87. The molecule has 1 aromatic carbocycles. The highest BCUT2D eigenvalue weighted by Crippen LogP contribution is 2.09. The lowest BCUT2D eigenvalue weighted by Crippen LogP contribution is -2.38. The van der Waals surface area contributed by atoms with Crippen LogP contribution >= 0.6 is 0 Å². The van der Waals surface area contributed by atoms with Gasteiger partial charge in [-0.2, -0.15) is 0 Å². The average Bonchev–Trinajstić information content (AvgIpc) is 2.98. The van der Waals surface area contributed by atoms with Gasteiger partial charge in [-0.15, -0.1) is 0 Å². The van der Waals surface area contributed by atoms with Gasteiger partial charge in [-0.25, -0.2) is 4.39 Å². The van der Waals surface area contributed by atoms with E-state index in [1.807, 2.05) is 17.9 Å². The highest BCUT2D eigenvalue weighted by Gasteiger charge is 2.18. The molecule has 0 radical (unpaired) electrons. The summed E-state index contributed by atoms with van der Waals surface area (Å²) in [6, 6.07) is 6.82. The minimum atomic E-state index is -0.170. The van der Waals surface area contributed by atoms with Gasteiger partial charge >= 0.3 is 0 Å². The quantitative estimate of drug-likeness (QED) is 0.434. The number of hydrogen-bond donors (Lipinski definition) is 2. The van der Waals surface area contributed by atoms with Gasteiger partial charge in [0.2, 0.25) is 5.91 Å². The van der Waals surface area contributed by atoms with Gasteiger partial charge in [-0.1, -0.05) is 18.2 Å². The van der Waals surface area contributed by atoms with Crippen molar-refractivity contribution in [3.63, 3.8) is 0 Å². The lowest BCUT2D eigenvalue weighted by atomic mass is 10.1. The standard InChI is InChI=1S/C18H27FN4O/c1-2-20-18(21-11-6-14-23-13-5-9-17(23)24)22-12-10-15-7-3-4-8-16(15)19/h3-4,7-8H,2,5-6,9-14H2,1H3,(H2,20,21,22). The highest BCUT2D eigenvalue weighted by molar-refractivity contribution is 5.79. The fourth-order valence-electron chi connectivity index (χ4n) is 2.75. The van der Waals surface area contributed by atoms with E-state index in [-0.39, 0.29) is 11.7 Å². The number of halogens is 1. The predicted octanol–water partition coefficient (Wildman–Crippen LogP) is 1.94. The largest absolute Gasteiger partial charge is 0.357 e. The Morgan fingerprint density at radius 1 is 1.33 bits per heavy atom. The molecule has 24 heavy (non-hydrogen) atoms. The van der Waals surface area contributed by atoms with E-state index in [1.165, 1.54) is 6.07 Å². The first-order valence-corrected chi connectivity index (χ1v) is 8.74. The van der Waals surface area contributed by atoms with Crippen molar-refractivity contribution in [2.24, 2.45) is 4.99 Å².